The van der Waals surface area contributed by atoms with Crippen LogP contribution in [0.5, 0.6) is 0 Å². The lowest BCUT2D eigenvalue weighted by Crippen LogP contribution is -2.58. The van der Waals surface area contributed by atoms with E-state index in [4.69, 9.17) is 17.3 Å². The van der Waals surface area contributed by atoms with Crippen LogP contribution in [0.15, 0.2) is 11.6 Å². The van der Waals surface area contributed by atoms with Crippen LogP contribution in [-0.4, -0.2) is 48.4 Å². The van der Waals surface area contributed by atoms with Crippen LogP contribution in [0, 0.1) is 28.6 Å². The van der Waals surface area contributed by atoms with E-state index in [-0.39, 0.29) is 28.5 Å². The van der Waals surface area contributed by atoms with Gasteiger partial charge in [0.2, 0.25) is 0 Å². The summed E-state index contributed by atoms with van der Waals surface area (Å²) in [5.74, 6) is 0.423. The number of carboxylic acids is 1. The number of aliphatic carboxylic acids is 1. The minimum absolute atomic E-state index is 0.0757. The highest BCUT2D eigenvalue weighted by molar-refractivity contribution is 8.47. The largest absolute Gasteiger partial charge is 0.481 e. The molecule has 0 radical (unpaired) electrons. The van der Waals surface area contributed by atoms with Gasteiger partial charge >= 0.3 is 5.97 Å². The van der Waals surface area contributed by atoms with Crippen LogP contribution in [0.3, 0.4) is 0 Å². The molecule has 4 aliphatic carbocycles. The van der Waals surface area contributed by atoms with E-state index < -0.39 is 17.0 Å². The van der Waals surface area contributed by atoms with Crippen LogP contribution >= 0.6 is 35.7 Å². The van der Waals surface area contributed by atoms with Crippen molar-refractivity contribution in [3.63, 3.8) is 0 Å². The molecule has 8 heteroatoms. The molecule has 0 aromatic rings. The van der Waals surface area contributed by atoms with Gasteiger partial charge in [0.05, 0.1) is 11.5 Å². The van der Waals surface area contributed by atoms with E-state index in [0.29, 0.717) is 34.1 Å². The summed E-state index contributed by atoms with van der Waals surface area (Å²) in [6, 6.07) is 0. The summed E-state index contributed by atoms with van der Waals surface area (Å²) in [7, 11) is 0. The fourth-order valence-electron chi connectivity index (χ4n) is 7.44. The average Bonchev–Trinajstić information content (AvgIpc) is 3.03. The van der Waals surface area contributed by atoms with Gasteiger partial charge in [0.25, 0.3) is 0 Å². The molecule has 4 aliphatic rings. The van der Waals surface area contributed by atoms with E-state index >= 15 is 0 Å². The third-order valence-electron chi connectivity index (χ3n) is 9.21. The van der Waals surface area contributed by atoms with Crippen molar-refractivity contribution in [2.45, 2.75) is 70.8 Å². The molecule has 176 valence electrons. The minimum Gasteiger partial charge on any atom is -0.481 e. The molecule has 0 amide bonds. The zero-order valence-electron chi connectivity index (χ0n) is 18.7. The molecule has 4 rings (SSSR count). The number of thiocarbonyl (C=S) groups is 1. The van der Waals surface area contributed by atoms with Crippen molar-refractivity contribution in [3.8, 4) is 0 Å². The summed E-state index contributed by atoms with van der Waals surface area (Å²) in [6.45, 7) is 4.45. The van der Waals surface area contributed by atoms with Crippen molar-refractivity contribution < 1.29 is 24.6 Å². The first kappa shape index (κ1) is 24.4. The first-order valence-electron chi connectivity index (χ1n) is 11.5. The molecule has 0 saturated heterocycles. The van der Waals surface area contributed by atoms with Gasteiger partial charge in [0.1, 0.15) is 9.13 Å². The maximum atomic E-state index is 13.3. The monoisotopic (exact) mass is 496 g/mol. The molecule has 6 atom stereocenters. The third kappa shape index (κ3) is 3.93. The molecule has 3 fully saturated rings. The summed E-state index contributed by atoms with van der Waals surface area (Å²) < 4.78 is 0.430. The third-order valence-corrected chi connectivity index (χ3v) is 11.9. The van der Waals surface area contributed by atoms with E-state index in [1.807, 2.05) is 6.08 Å². The quantitative estimate of drug-likeness (QED) is 0.531. The Morgan fingerprint density at radius 1 is 1.06 bits per heavy atom. The minimum atomic E-state index is -1.34. The molecular weight excluding hydrogens is 464 g/mol. The number of rotatable bonds is 5. The van der Waals surface area contributed by atoms with Gasteiger partial charge in [-0.25, -0.2) is 0 Å². The van der Waals surface area contributed by atoms with Gasteiger partial charge in [-0.15, -0.1) is 0 Å². The van der Waals surface area contributed by atoms with E-state index in [2.05, 4.69) is 13.8 Å². The zero-order valence-corrected chi connectivity index (χ0v) is 21.2. The number of carbonyl (C=O) groups excluding carboxylic acids is 2. The first-order chi connectivity index (χ1) is 15.0. The van der Waals surface area contributed by atoms with Crippen molar-refractivity contribution in [1.29, 1.82) is 0 Å². The number of ketones is 2. The second-order valence-electron chi connectivity index (χ2n) is 10.5. The lowest BCUT2D eigenvalue weighted by atomic mass is 9.46. The second kappa shape index (κ2) is 8.82. The van der Waals surface area contributed by atoms with Crippen molar-refractivity contribution in [3.05, 3.63) is 11.6 Å². The molecule has 0 spiro atoms. The number of hydrogen-bond acceptors (Lipinski definition) is 7. The number of carbonyl (C=O) groups is 3. The van der Waals surface area contributed by atoms with Crippen molar-refractivity contribution in [2.24, 2.45) is 28.6 Å². The predicted molar refractivity (Wildman–Crippen MR) is 132 cm³/mol. The Morgan fingerprint density at radius 2 is 1.75 bits per heavy atom. The van der Waals surface area contributed by atoms with Crippen molar-refractivity contribution >= 4 is 56.8 Å². The lowest BCUT2D eigenvalue weighted by Gasteiger charge is -2.58. The first-order valence-corrected chi connectivity index (χ1v) is 13.9. The van der Waals surface area contributed by atoms with Crippen molar-refractivity contribution in [2.75, 3.05) is 11.5 Å². The molecule has 0 aromatic heterocycles. The number of carboxylic acid groups (broad SMARTS) is 1. The summed E-state index contributed by atoms with van der Waals surface area (Å²) >= 11 is 7.41. The van der Waals surface area contributed by atoms with Gasteiger partial charge in [-0.05, 0) is 74.2 Å². The fourth-order valence-corrected chi connectivity index (χ4v) is 9.21. The highest BCUT2D eigenvalue weighted by Gasteiger charge is 2.66. The average molecular weight is 497 g/mol. The molecule has 5 nitrogen and oxygen atoms in total. The molecule has 0 bridgehead atoms. The predicted octanol–water partition coefficient (Wildman–Crippen LogP) is 4.65. The Balaban J connectivity index is 1.48. The Labute approximate surface area is 203 Å². The number of fused-ring (bicyclic) bond motifs is 5. The van der Waals surface area contributed by atoms with Crippen LogP contribution in [0.1, 0.15) is 65.2 Å². The molecule has 0 aromatic carbocycles. The maximum absolute atomic E-state index is 13.3. The molecular formula is C24H32O5S3. The Kier molecular flexibility index (Phi) is 6.73. The second-order valence-corrected chi connectivity index (χ2v) is 13.6. The number of allylic oxidation sites excluding steroid dienone is 1. The highest BCUT2D eigenvalue weighted by atomic mass is 32.2. The normalized spacial score (nSPS) is 40.7. The lowest BCUT2D eigenvalue weighted by molar-refractivity contribution is -0.159. The van der Waals surface area contributed by atoms with Crippen LogP contribution in [0.2, 0.25) is 0 Å². The van der Waals surface area contributed by atoms with Gasteiger partial charge < -0.3 is 10.2 Å². The number of hydrogen-bond donors (Lipinski definition) is 2. The van der Waals surface area contributed by atoms with Gasteiger partial charge in [-0.3, -0.25) is 14.4 Å². The van der Waals surface area contributed by atoms with E-state index in [0.717, 1.165) is 50.3 Å². The molecule has 0 heterocycles. The van der Waals surface area contributed by atoms with Gasteiger partial charge in [-0.1, -0.05) is 55.2 Å². The summed E-state index contributed by atoms with van der Waals surface area (Å²) in [6.07, 6.45) is 8.60. The van der Waals surface area contributed by atoms with Crippen LogP contribution in [0.25, 0.3) is 0 Å². The molecule has 32 heavy (non-hydrogen) atoms. The van der Waals surface area contributed by atoms with Crippen molar-refractivity contribution in [1.82, 2.24) is 0 Å². The SMILES string of the molecule is C[C@]12CCC(=O)C=C1CC[C@H]1[C@H]3CC[C@](O)(C(=O)CSC(=S)SCC(=O)O)[C@@]3(C)CC[C@@H]12. The Morgan fingerprint density at radius 3 is 2.47 bits per heavy atom. The fraction of sp³-hybridized carbons (Fsp3) is 0.750. The zero-order chi connectivity index (χ0) is 23.3. The number of thioether (sulfide) groups is 2. The van der Waals surface area contributed by atoms with Gasteiger partial charge in [-0.2, -0.15) is 0 Å². The van der Waals surface area contributed by atoms with Gasteiger partial charge in [0.15, 0.2) is 11.6 Å². The van der Waals surface area contributed by atoms with Crippen LogP contribution < -0.4 is 0 Å². The highest BCUT2D eigenvalue weighted by Crippen LogP contribution is 2.67. The van der Waals surface area contributed by atoms with E-state index in [1.54, 1.807) is 0 Å². The molecule has 0 unspecified atom stereocenters. The maximum Gasteiger partial charge on any atom is 0.313 e. The summed E-state index contributed by atoms with van der Waals surface area (Å²) in [4.78, 5) is 36.0. The Hall–Kier alpha value is -0.700. The molecule has 3 saturated carbocycles. The summed E-state index contributed by atoms with van der Waals surface area (Å²) in [5, 5.41) is 20.5. The number of aliphatic hydroxyl groups is 1. The molecule has 0 aliphatic heterocycles. The van der Waals surface area contributed by atoms with Gasteiger partial charge in [0, 0.05) is 11.8 Å². The van der Waals surface area contributed by atoms with E-state index in [1.165, 1.54) is 17.3 Å². The number of Topliss-reactive ketones (excluding diaryl/α,β-unsaturated/α-hetero) is 1. The standard InChI is InChI=1S/C24H32O5S3/c1-22-8-5-15(25)11-14(22)3-4-16-17(22)6-9-23(2)18(16)7-10-24(23,29)19(26)12-31-21(30)32-13-20(27)28/h11,16-18,29H,3-10,12-13H2,1-2H3,(H,27,28)/t16-,17+,18-,22+,23+,24+/m1/s1. The summed E-state index contributed by atoms with van der Waals surface area (Å²) in [5.41, 5.74) is -0.384. The molecule has 2 N–H and O–H groups in total. The smallest absolute Gasteiger partial charge is 0.313 e. The van der Waals surface area contributed by atoms with Crippen LogP contribution in [-0.2, 0) is 14.4 Å². The van der Waals surface area contributed by atoms with E-state index in [9.17, 15) is 19.5 Å². The topological polar surface area (TPSA) is 91.7 Å². The Bertz CT molecular complexity index is 885. The van der Waals surface area contributed by atoms with Crippen LogP contribution in [0.4, 0.5) is 0 Å².